The topological polar surface area (TPSA) is 103 Å². The number of aliphatic hydroxyl groups is 1. The lowest BCUT2D eigenvalue weighted by atomic mass is 10.0. The van der Waals surface area contributed by atoms with Crippen LogP contribution in [0.1, 0.15) is 53.2 Å². The zero-order valence-corrected chi connectivity index (χ0v) is 23.3. The molecular weight excluding hydrogens is 577 g/mol. The molecule has 2 saturated heterocycles. The lowest BCUT2D eigenvalue weighted by Gasteiger charge is -2.36. The second-order valence-corrected chi connectivity index (χ2v) is 10.9. The molecule has 14 heteroatoms. The van der Waals surface area contributed by atoms with E-state index in [4.69, 9.17) is 4.42 Å². The molecule has 1 N–H and O–H groups in total. The van der Waals surface area contributed by atoms with E-state index in [1.54, 1.807) is 17.0 Å². The van der Waals surface area contributed by atoms with Crippen molar-refractivity contribution in [2.75, 3.05) is 49.1 Å². The van der Waals surface area contributed by atoms with Gasteiger partial charge < -0.3 is 24.2 Å². The molecular formula is C29H30F5N5O4. The number of halogens is 5. The molecule has 0 bridgehead atoms. The quantitative estimate of drug-likeness (QED) is 0.311. The first-order chi connectivity index (χ1) is 20.4. The van der Waals surface area contributed by atoms with Crippen LogP contribution in [0, 0.1) is 17.6 Å². The number of piperazine rings is 1. The molecule has 1 amide bonds. The van der Waals surface area contributed by atoms with Gasteiger partial charge in [0.15, 0.2) is 23.4 Å². The Morgan fingerprint density at radius 3 is 2.42 bits per heavy atom. The fourth-order valence-electron chi connectivity index (χ4n) is 5.32. The van der Waals surface area contributed by atoms with Crippen molar-refractivity contribution >= 4 is 23.5 Å². The fraction of sp³-hybridized carbons (Fsp3) is 0.448. The molecule has 9 nitrogen and oxygen atoms in total. The van der Waals surface area contributed by atoms with Crippen LogP contribution in [0.15, 0.2) is 40.9 Å². The Hall–Kier alpha value is -4.07. The molecule has 2 aromatic heterocycles. The minimum absolute atomic E-state index is 0.0527. The maximum Gasteiger partial charge on any atom is 0.437 e. The van der Waals surface area contributed by atoms with Gasteiger partial charge in [0.2, 0.25) is 11.5 Å². The highest BCUT2D eigenvalue weighted by atomic mass is 19.4. The van der Waals surface area contributed by atoms with E-state index in [2.05, 4.69) is 9.97 Å². The van der Waals surface area contributed by atoms with E-state index in [-0.39, 0.29) is 37.0 Å². The average Bonchev–Trinajstić information content (AvgIpc) is 3.45. The summed E-state index contributed by atoms with van der Waals surface area (Å²) in [7, 11) is 0. The van der Waals surface area contributed by atoms with Crippen LogP contribution in [-0.2, 0) is 17.4 Å². The molecule has 0 aliphatic carbocycles. The number of hydrogen-bond donors (Lipinski definition) is 1. The number of rotatable bonds is 7. The van der Waals surface area contributed by atoms with Crippen molar-refractivity contribution in [2.24, 2.45) is 5.92 Å². The van der Waals surface area contributed by atoms with Crippen LogP contribution >= 0.6 is 0 Å². The van der Waals surface area contributed by atoms with Crippen LogP contribution in [-0.4, -0.2) is 70.9 Å². The number of anilines is 2. The van der Waals surface area contributed by atoms with E-state index in [0.29, 0.717) is 37.6 Å². The van der Waals surface area contributed by atoms with Gasteiger partial charge in [-0.2, -0.15) is 18.2 Å². The summed E-state index contributed by atoms with van der Waals surface area (Å²) in [6.45, 7) is 4.15. The Kier molecular flexibility index (Phi) is 8.67. The van der Waals surface area contributed by atoms with E-state index < -0.39 is 47.1 Å². The summed E-state index contributed by atoms with van der Waals surface area (Å²) in [5, 5.41) is 10.4. The van der Waals surface area contributed by atoms with Crippen LogP contribution in [0.3, 0.4) is 0 Å². The van der Waals surface area contributed by atoms with Crippen LogP contribution in [0.4, 0.5) is 33.8 Å². The minimum Gasteiger partial charge on any atom is -0.420 e. The second-order valence-electron chi connectivity index (χ2n) is 10.9. The monoisotopic (exact) mass is 607 g/mol. The van der Waals surface area contributed by atoms with Crippen molar-refractivity contribution in [2.45, 2.75) is 38.5 Å². The Morgan fingerprint density at radius 2 is 1.79 bits per heavy atom. The number of carbonyl (C=O) groups excluding carboxylic acids is 2. The van der Waals surface area contributed by atoms with Crippen LogP contribution in [0.25, 0.3) is 0 Å². The number of aromatic nitrogens is 2. The summed E-state index contributed by atoms with van der Waals surface area (Å²) in [6, 6.07) is 5.78. The van der Waals surface area contributed by atoms with Crippen molar-refractivity contribution in [3.63, 3.8) is 0 Å². The number of aliphatic hydroxyl groups excluding tert-OH is 1. The molecule has 2 fully saturated rings. The van der Waals surface area contributed by atoms with Crippen molar-refractivity contribution in [3.8, 4) is 0 Å². The van der Waals surface area contributed by atoms with Gasteiger partial charge in [0, 0.05) is 51.9 Å². The maximum atomic E-state index is 13.7. The smallest absolute Gasteiger partial charge is 0.420 e. The second kappa shape index (κ2) is 12.3. The summed E-state index contributed by atoms with van der Waals surface area (Å²) in [6.07, 6.45) is -3.73. The van der Waals surface area contributed by atoms with Gasteiger partial charge in [-0.05, 0) is 48.1 Å². The largest absolute Gasteiger partial charge is 0.437 e. The predicted octanol–water partition coefficient (Wildman–Crippen LogP) is 4.41. The number of oxazole rings is 1. The molecule has 4 heterocycles. The Balaban J connectivity index is 1.20. The van der Waals surface area contributed by atoms with Gasteiger partial charge in [0.1, 0.15) is 5.82 Å². The summed E-state index contributed by atoms with van der Waals surface area (Å²) in [5.74, 6) is -3.78. The number of pyridine rings is 1. The Morgan fingerprint density at radius 1 is 1.05 bits per heavy atom. The fourth-order valence-corrected chi connectivity index (χ4v) is 5.32. The molecule has 0 radical (unpaired) electrons. The van der Waals surface area contributed by atoms with Gasteiger partial charge in [0.05, 0.1) is 0 Å². The first-order valence-electron chi connectivity index (χ1n) is 13.9. The number of nitrogens with zero attached hydrogens (tertiary/aromatic N) is 5. The van der Waals surface area contributed by atoms with Crippen LogP contribution < -0.4 is 9.80 Å². The van der Waals surface area contributed by atoms with Gasteiger partial charge in [-0.25, -0.2) is 13.8 Å². The first kappa shape index (κ1) is 30.4. The van der Waals surface area contributed by atoms with Gasteiger partial charge in [-0.3, -0.25) is 9.59 Å². The van der Waals surface area contributed by atoms with Gasteiger partial charge in [-0.1, -0.05) is 19.1 Å². The molecule has 0 saturated carbocycles. The summed E-state index contributed by atoms with van der Waals surface area (Å²) in [4.78, 5) is 38.5. The maximum absolute atomic E-state index is 13.7. The first-order valence-corrected chi connectivity index (χ1v) is 13.9. The van der Waals surface area contributed by atoms with Crippen molar-refractivity contribution in [1.29, 1.82) is 0 Å². The molecule has 2 unspecified atom stereocenters. The van der Waals surface area contributed by atoms with E-state index >= 15 is 0 Å². The normalized spacial score (nSPS) is 18.6. The number of Topliss-reactive ketones (excluding diaryl/α,β-unsaturated/α-hetero) is 1. The predicted molar refractivity (Wildman–Crippen MR) is 144 cm³/mol. The molecule has 2 aliphatic rings. The van der Waals surface area contributed by atoms with Crippen LogP contribution in [0.2, 0.25) is 0 Å². The van der Waals surface area contributed by atoms with Gasteiger partial charge >= 0.3 is 6.18 Å². The molecule has 2 aliphatic heterocycles. The number of hydrogen-bond acceptors (Lipinski definition) is 8. The number of amides is 1. The molecule has 2 atom stereocenters. The zero-order chi connectivity index (χ0) is 30.9. The third-order valence-electron chi connectivity index (χ3n) is 7.65. The molecule has 3 aromatic rings. The molecule has 43 heavy (non-hydrogen) atoms. The lowest BCUT2D eigenvalue weighted by Crippen LogP contribution is -2.50. The summed E-state index contributed by atoms with van der Waals surface area (Å²) in [5.41, 5.74) is -1.00. The van der Waals surface area contributed by atoms with Gasteiger partial charge in [-0.15, -0.1) is 0 Å². The van der Waals surface area contributed by atoms with E-state index in [9.17, 15) is 36.6 Å². The third-order valence-corrected chi connectivity index (χ3v) is 7.65. The van der Waals surface area contributed by atoms with Gasteiger partial charge in [0.25, 0.3) is 11.9 Å². The highest BCUT2D eigenvalue weighted by Crippen LogP contribution is 2.35. The van der Waals surface area contributed by atoms with Crippen molar-refractivity contribution in [1.82, 2.24) is 14.9 Å². The van der Waals surface area contributed by atoms with E-state index in [1.165, 1.54) is 11.1 Å². The Bertz CT molecular complexity index is 1470. The minimum atomic E-state index is -4.86. The molecule has 1 aromatic carbocycles. The van der Waals surface area contributed by atoms with E-state index in [1.807, 2.05) is 11.8 Å². The number of piperidine rings is 1. The molecule has 5 rings (SSSR count). The number of ketones is 1. The van der Waals surface area contributed by atoms with E-state index in [0.717, 1.165) is 31.0 Å². The van der Waals surface area contributed by atoms with Crippen molar-refractivity contribution in [3.05, 3.63) is 70.7 Å². The highest BCUT2D eigenvalue weighted by Gasteiger charge is 2.42. The molecule has 230 valence electrons. The summed E-state index contributed by atoms with van der Waals surface area (Å²) >= 11 is 0. The lowest BCUT2D eigenvalue weighted by molar-refractivity contribution is -0.142. The average molecular weight is 608 g/mol. The zero-order valence-electron chi connectivity index (χ0n) is 23.3. The number of alkyl halides is 3. The summed E-state index contributed by atoms with van der Waals surface area (Å²) < 4.78 is 73.3. The Labute approximate surface area is 243 Å². The number of benzene rings is 1. The standard InChI is InChI=1S/C29H30F5N5O4/c1-17-3-2-8-39(16-17)28-36-26(29(32,33)34)25(43-28)22(40)13-18-4-7-23(35-15-18)37-9-11-38(12-10-37)27(42)24(41)19-5-6-20(30)21(31)14-19/h4-7,14-15,17,24,41H,2-3,8-13,16H2,1H3. The highest BCUT2D eigenvalue weighted by molar-refractivity contribution is 5.96. The number of carbonyl (C=O) groups is 2. The third kappa shape index (κ3) is 6.79. The van der Waals surface area contributed by atoms with Crippen LogP contribution in [0.5, 0.6) is 0 Å². The molecule has 0 spiro atoms. The SMILES string of the molecule is CC1CCCN(c2nc(C(F)(F)F)c(C(=O)Cc3ccc(N4CCN(C(=O)C(O)c5ccc(F)c(F)c5)CC4)nc3)o2)C1. The van der Waals surface area contributed by atoms with Crippen molar-refractivity contribution < 1.29 is 41.1 Å².